The Hall–Kier alpha value is -2.47. The van der Waals surface area contributed by atoms with E-state index in [1.54, 1.807) is 32.0 Å². The average Bonchev–Trinajstić information content (AvgIpc) is 2.83. The van der Waals surface area contributed by atoms with Gasteiger partial charge in [-0.25, -0.2) is 0 Å². The number of hydrazine groups is 1. The van der Waals surface area contributed by atoms with Crippen LogP contribution in [-0.2, 0) is 0 Å². The number of rotatable bonds is 3. The van der Waals surface area contributed by atoms with Crippen molar-refractivity contribution in [1.82, 2.24) is 10.9 Å². The molecule has 116 valence electrons. The summed E-state index contributed by atoms with van der Waals surface area (Å²) in [6.07, 6.45) is 0. The summed E-state index contributed by atoms with van der Waals surface area (Å²) in [6, 6.07) is 6.22. The van der Waals surface area contributed by atoms with Gasteiger partial charge in [0, 0.05) is 5.02 Å². The van der Waals surface area contributed by atoms with Crippen molar-refractivity contribution in [3.8, 4) is 5.75 Å². The summed E-state index contributed by atoms with van der Waals surface area (Å²) in [4.78, 5) is 24.1. The highest BCUT2D eigenvalue weighted by Crippen LogP contribution is 2.22. The number of hydrogen-bond acceptors (Lipinski definition) is 4. The lowest BCUT2D eigenvalue weighted by Gasteiger charge is -2.10. The monoisotopic (exact) mass is 322 g/mol. The number of carbonyl (C=O) groups is 2. The largest absolute Gasteiger partial charge is 0.496 e. The van der Waals surface area contributed by atoms with Gasteiger partial charge in [-0.2, -0.15) is 0 Å². The number of nitrogens with one attached hydrogen (secondary N) is 2. The van der Waals surface area contributed by atoms with Crippen LogP contribution in [0, 0.1) is 13.8 Å². The first kappa shape index (κ1) is 15.9. The highest BCUT2D eigenvalue weighted by molar-refractivity contribution is 6.31. The maximum Gasteiger partial charge on any atom is 0.273 e. The Morgan fingerprint density at radius 3 is 2.27 bits per heavy atom. The van der Waals surface area contributed by atoms with E-state index in [4.69, 9.17) is 20.8 Å². The third-order valence-corrected chi connectivity index (χ3v) is 3.22. The van der Waals surface area contributed by atoms with E-state index < -0.39 is 11.8 Å². The number of ether oxygens (including phenoxy) is 1. The van der Waals surface area contributed by atoms with E-state index in [1.807, 2.05) is 0 Å². The maximum atomic E-state index is 12.1. The van der Waals surface area contributed by atoms with Crippen LogP contribution < -0.4 is 15.6 Å². The number of benzene rings is 1. The van der Waals surface area contributed by atoms with Crippen molar-refractivity contribution in [1.29, 1.82) is 0 Å². The Labute approximate surface area is 132 Å². The molecule has 2 amide bonds. The lowest BCUT2D eigenvalue weighted by Crippen LogP contribution is -2.41. The van der Waals surface area contributed by atoms with Gasteiger partial charge in [0.2, 0.25) is 0 Å². The molecule has 1 heterocycles. The Morgan fingerprint density at radius 1 is 1.09 bits per heavy atom. The summed E-state index contributed by atoms with van der Waals surface area (Å²) in [6.45, 7) is 3.41. The second-order valence-electron chi connectivity index (χ2n) is 4.58. The van der Waals surface area contributed by atoms with Crippen LogP contribution in [0.2, 0.25) is 5.02 Å². The molecule has 0 radical (unpaired) electrons. The molecule has 0 bridgehead atoms. The molecule has 0 spiro atoms. The molecule has 0 fully saturated rings. The standard InChI is InChI=1S/C15H15ClN2O4/c1-8-6-11(9(2)22-8)14(19)17-18-15(20)12-7-10(16)4-5-13(12)21-3/h4-7H,1-3H3,(H,17,19)(H,18,20). The molecule has 2 aromatic rings. The van der Waals surface area contributed by atoms with Crippen molar-refractivity contribution >= 4 is 23.4 Å². The normalized spacial score (nSPS) is 10.2. The fraction of sp³-hybridized carbons (Fsp3) is 0.200. The molecule has 2 rings (SSSR count). The fourth-order valence-corrected chi connectivity index (χ4v) is 2.13. The molecular weight excluding hydrogens is 308 g/mol. The fourth-order valence-electron chi connectivity index (χ4n) is 1.96. The Bertz CT molecular complexity index is 724. The maximum absolute atomic E-state index is 12.1. The predicted molar refractivity (Wildman–Crippen MR) is 81.1 cm³/mol. The molecule has 0 aliphatic rings. The quantitative estimate of drug-likeness (QED) is 0.851. The van der Waals surface area contributed by atoms with Crippen molar-refractivity contribution in [3.05, 3.63) is 51.9 Å². The minimum absolute atomic E-state index is 0.218. The first-order valence-corrected chi connectivity index (χ1v) is 6.81. The molecule has 1 aromatic heterocycles. The van der Waals surface area contributed by atoms with Crippen LogP contribution in [0.4, 0.5) is 0 Å². The smallest absolute Gasteiger partial charge is 0.273 e. The van der Waals surface area contributed by atoms with Gasteiger partial charge in [0.1, 0.15) is 17.3 Å². The molecular formula is C15H15ClN2O4. The van der Waals surface area contributed by atoms with Gasteiger partial charge in [-0.05, 0) is 38.1 Å². The minimum Gasteiger partial charge on any atom is -0.496 e. The van der Waals surface area contributed by atoms with Crippen molar-refractivity contribution in [3.63, 3.8) is 0 Å². The molecule has 6 nitrogen and oxygen atoms in total. The Kier molecular flexibility index (Phi) is 4.72. The number of furan rings is 1. The summed E-state index contributed by atoms with van der Waals surface area (Å²) in [5.74, 6) is 0.441. The second kappa shape index (κ2) is 6.53. The lowest BCUT2D eigenvalue weighted by atomic mass is 10.2. The molecule has 0 atom stereocenters. The highest BCUT2D eigenvalue weighted by Gasteiger charge is 2.16. The second-order valence-corrected chi connectivity index (χ2v) is 5.02. The minimum atomic E-state index is -0.537. The lowest BCUT2D eigenvalue weighted by molar-refractivity contribution is 0.0844. The number of amides is 2. The van der Waals surface area contributed by atoms with E-state index in [0.717, 1.165) is 0 Å². The first-order chi connectivity index (χ1) is 10.4. The van der Waals surface area contributed by atoms with E-state index in [0.29, 0.717) is 27.9 Å². The van der Waals surface area contributed by atoms with Gasteiger partial charge in [0.05, 0.1) is 18.2 Å². The van der Waals surface area contributed by atoms with Crippen molar-refractivity contribution in [2.24, 2.45) is 0 Å². The molecule has 7 heteroatoms. The first-order valence-electron chi connectivity index (χ1n) is 6.43. The van der Waals surface area contributed by atoms with E-state index in [9.17, 15) is 9.59 Å². The number of halogens is 1. The van der Waals surface area contributed by atoms with E-state index in [1.165, 1.54) is 13.2 Å². The van der Waals surface area contributed by atoms with Crippen molar-refractivity contribution in [2.45, 2.75) is 13.8 Å². The zero-order valence-electron chi connectivity index (χ0n) is 12.3. The zero-order valence-corrected chi connectivity index (χ0v) is 13.1. The van der Waals surface area contributed by atoms with Crippen molar-refractivity contribution in [2.75, 3.05) is 7.11 Å². The van der Waals surface area contributed by atoms with Crippen LogP contribution in [0.5, 0.6) is 5.75 Å². The number of methoxy groups -OCH3 is 1. The third-order valence-electron chi connectivity index (χ3n) is 2.98. The van der Waals surface area contributed by atoms with Gasteiger partial charge in [-0.15, -0.1) is 0 Å². The molecule has 22 heavy (non-hydrogen) atoms. The molecule has 0 saturated heterocycles. The topological polar surface area (TPSA) is 80.6 Å². The number of carbonyl (C=O) groups excluding carboxylic acids is 2. The zero-order chi connectivity index (χ0) is 16.3. The highest BCUT2D eigenvalue weighted by atomic mass is 35.5. The molecule has 2 N–H and O–H groups in total. The molecule has 0 aliphatic carbocycles. The van der Waals surface area contributed by atoms with Gasteiger partial charge in [0.25, 0.3) is 11.8 Å². The SMILES string of the molecule is COc1ccc(Cl)cc1C(=O)NNC(=O)c1cc(C)oc1C. The van der Waals surface area contributed by atoms with Crippen LogP contribution in [0.3, 0.4) is 0 Å². The van der Waals surface area contributed by atoms with Crippen LogP contribution in [0.1, 0.15) is 32.2 Å². The van der Waals surface area contributed by atoms with Crippen LogP contribution in [0.15, 0.2) is 28.7 Å². The van der Waals surface area contributed by atoms with E-state index in [2.05, 4.69) is 10.9 Å². The van der Waals surface area contributed by atoms with Gasteiger partial charge >= 0.3 is 0 Å². The van der Waals surface area contributed by atoms with Gasteiger partial charge in [0.15, 0.2) is 0 Å². The van der Waals surface area contributed by atoms with Crippen LogP contribution in [0.25, 0.3) is 0 Å². The average molecular weight is 323 g/mol. The van der Waals surface area contributed by atoms with Gasteiger partial charge in [-0.3, -0.25) is 20.4 Å². The van der Waals surface area contributed by atoms with Crippen LogP contribution in [-0.4, -0.2) is 18.9 Å². The molecule has 0 saturated carbocycles. The van der Waals surface area contributed by atoms with E-state index in [-0.39, 0.29) is 5.56 Å². The van der Waals surface area contributed by atoms with Gasteiger partial charge in [-0.1, -0.05) is 11.6 Å². The van der Waals surface area contributed by atoms with Crippen molar-refractivity contribution < 1.29 is 18.7 Å². The number of aryl methyl sites for hydroxylation is 2. The Morgan fingerprint density at radius 2 is 1.73 bits per heavy atom. The van der Waals surface area contributed by atoms with E-state index >= 15 is 0 Å². The summed E-state index contributed by atoms with van der Waals surface area (Å²) in [5, 5.41) is 0.388. The summed E-state index contributed by atoms with van der Waals surface area (Å²) >= 11 is 5.86. The number of hydrogen-bond donors (Lipinski definition) is 2. The molecule has 0 unspecified atom stereocenters. The Balaban J connectivity index is 2.08. The third kappa shape index (κ3) is 3.40. The predicted octanol–water partition coefficient (Wildman–Crippen LogP) is 2.63. The molecule has 0 aliphatic heterocycles. The summed E-state index contributed by atoms with van der Waals surface area (Å²) in [7, 11) is 1.44. The van der Waals surface area contributed by atoms with Gasteiger partial charge < -0.3 is 9.15 Å². The molecule has 1 aromatic carbocycles. The van der Waals surface area contributed by atoms with Crippen LogP contribution >= 0.6 is 11.6 Å². The summed E-state index contributed by atoms with van der Waals surface area (Å²) < 4.78 is 10.4. The summed E-state index contributed by atoms with van der Waals surface area (Å²) in [5.41, 5.74) is 5.22.